The Balaban J connectivity index is 1.98. The molecule has 0 N–H and O–H groups in total. The van der Waals surface area contributed by atoms with Crippen molar-refractivity contribution < 1.29 is 9.15 Å². The second kappa shape index (κ2) is 4.82. The summed E-state index contributed by atoms with van der Waals surface area (Å²) in [7, 11) is 0. The highest BCUT2D eigenvalue weighted by Gasteiger charge is 2.14. The number of nitrogens with zero attached hydrogens (tertiary/aromatic N) is 1. The van der Waals surface area contributed by atoms with E-state index in [9.17, 15) is 0 Å². The lowest BCUT2D eigenvalue weighted by atomic mass is 9.93. The summed E-state index contributed by atoms with van der Waals surface area (Å²) in [6.45, 7) is 7.28. The molecule has 3 aromatic rings. The maximum Gasteiger partial charge on any atom is 0.225 e. The van der Waals surface area contributed by atoms with Crippen LogP contribution in [0.3, 0.4) is 0 Å². The maximum atomic E-state index is 5.89. The van der Waals surface area contributed by atoms with Crippen LogP contribution < -0.4 is 4.74 Å². The van der Waals surface area contributed by atoms with Crippen molar-refractivity contribution in [3.8, 4) is 5.88 Å². The second-order valence-corrected chi connectivity index (χ2v) is 6.25. The highest BCUT2D eigenvalue weighted by atomic mass is 16.5. The third-order valence-electron chi connectivity index (χ3n) is 3.35. The third-order valence-corrected chi connectivity index (χ3v) is 3.35. The van der Waals surface area contributed by atoms with E-state index in [-0.39, 0.29) is 5.41 Å². The standard InChI is InChI=1S/C17H19NO2/c1-17(2,3)9-11-19-16-15-12-6-4-5-7-13(12)20-14(15)8-10-18-16/h4-8,10H,9,11H2,1-3H3. The summed E-state index contributed by atoms with van der Waals surface area (Å²) in [4.78, 5) is 4.37. The minimum absolute atomic E-state index is 0.256. The number of ether oxygens (including phenoxy) is 1. The van der Waals surface area contributed by atoms with E-state index in [0.717, 1.165) is 28.4 Å². The van der Waals surface area contributed by atoms with Gasteiger partial charge in [0.25, 0.3) is 0 Å². The van der Waals surface area contributed by atoms with Crippen molar-refractivity contribution in [2.75, 3.05) is 6.61 Å². The molecule has 0 atom stereocenters. The van der Waals surface area contributed by atoms with Crippen LogP contribution in [-0.2, 0) is 0 Å². The molecular formula is C17H19NO2. The van der Waals surface area contributed by atoms with E-state index in [1.807, 2.05) is 30.3 Å². The zero-order valence-corrected chi connectivity index (χ0v) is 12.1. The smallest absolute Gasteiger partial charge is 0.225 e. The van der Waals surface area contributed by atoms with E-state index < -0.39 is 0 Å². The van der Waals surface area contributed by atoms with Crippen LogP contribution in [0.1, 0.15) is 27.2 Å². The first kappa shape index (κ1) is 13.0. The van der Waals surface area contributed by atoms with Gasteiger partial charge in [0.15, 0.2) is 0 Å². The number of benzene rings is 1. The molecular weight excluding hydrogens is 250 g/mol. The Morgan fingerprint density at radius 2 is 1.90 bits per heavy atom. The van der Waals surface area contributed by atoms with Crippen molar-refractivity contribution in [2.24, 2.45) is 5.41 Å². The molecule has 3 nitrogen and oxygen atoms in total. The van der Waals surface area contributed by atoms with Crippen LogP contribution >= 0.6 is 0 Å². The van der Waals surface area contributed by atoms with Crippen LogP contribution in [0.25, 0.3) is 21.9 Å². The molecule has 0 aliphatic heterocycles. The van der Waals surface area contributed by atoms with Gasteiger partial charge in [-0.25, -0.2) is 4.98 Å². The predicted molar refractivity (Wildman–Crippen MR) is 81.1 cm³/mol. The minimum atomic E-state index is 0.256. The van der Waals surface area contributed by atoms with Crippen LogP contribution in [0.15, 0.2) is 40.9 Å². The fraction of sp³-hybridized carbons (Fsp3) is 0.353. The molecule has 3 rings (SSSR count). The first-order valence-electron chi connectivity index (χ1n) is 6.94. The Bertz CT molecular complexity index is 737. The Labute approximate surface area is 118 Å². The zero-order chi connectivity index (χ0) is 14.2. The monoisotopic (exact) mass is 269 g/mol. The van der Waals surface area contributed by atoms with Crippen LogP contribution in [0.4, 0.5) is 0 Å². The topological polar surface area (TPSA) is 35.3 Å². The van der Waals surface area contributed by atoms with E-state index in [4.69, 9.17) is 9.15 Å². The molecule has 0 aliphatic rings. The largest absolute Gasteiger partial charge is 0.477 e. The van der Waals surface area contributed by atoms with Crippen LogP contribution in [-0.4, -0.2) is 11.6 Å². The molecule has 3 heteroatoms. The van der Waals surface area contributed by atoms with E-state index in [2.05, 4.69) is 25.8 Å². The van der Waals surface area contributed by atoms with Crippen LogP contribution in [0.5, 0.6) is 5.88 Å². The van der Waals surface area contributed by atoms with Gasteiger partial charge in [0.05, 0.1) is 12.0 Å². The fourth-order valence-corrected chi connectivity index (χ4v) is 2.20. The average Bonchev–Trinajstić information content (AvgIpc) is 2.76. The summed E-state index contributed by atoms with van der Waals surface area (Å²) >= 11 is 0. The van der Waals surface area contributed by atoms with Gasteiger partial charge in [-0.1, -0.05) is 39.0 Å². The highest BCUT2D eigenvalue weighted by molar-refractivity contribution is 6.07. The van der Waals surface area contributed by atoms with Gasteiger partial charge >= 0.3 is 0 Å². The van der Waals surface area contributed by atoms with Crippen LogP contribution in [0, 0.1) is 5.41 Å². The summed E-state index contributed by atoms with van der Waals surface area (Å²) in [5.41, 5.74) is 1.95. The maximum absolute atomic E-state index is 5.89. The van der Waals surface area contributed by atoms with E-state index in [1.54, 1.807) is 6.20 Å². The minimum Gasteiger partial charge on any atom is -0.477 e. The Hall–Kier alpha value is -2.03. The SMILES string of the molecule is CC(C)(C)CCOc1nccc2oc3ccccc3c12. The number of para-hydroxylation sites is 1. The fourth-order valence-electron chi connectivity index (χ4n) is 2.20. The summed E-state index contributed by atoms with van der Waals surface area (Å²) in [5, 5.41) is 2.03. The lowest BCUT2D eigenvalue weighted by molar-refractivity contribution is 0.239. The number of pyridine rings is 1. The number of furan rings is 1. The van der Waals surface area contributed by atoms with Crippen molar-refractivity contribution in [3.63, 3.8) is 0 Å². The molecule has 0 saturated carbocycles. The molecule has 104 valence electrons. The second-order valence-electron chi connectivity index (χ2n) is 6.25. The Morgan fingerprint density at radius 1 is 1.10 bits per heavy atom. The van der Waals surface area contributed by atoms with Gasteiger partial charge in [0, 0.05) is 17.6 Å². The third kappa shape index (κ3) is 2.48. The molecule has 0 unspecified atom stereocenters. The van der Waals surface area contributed by atoms with Crippen molar-refractivity contribution >= 4 is 21.9 Å². The molecule has 0 radical (unpaired) electrons. The van der Waals surface area contributed by atoms with Crippen molar-refractivity contribution in [1.82, 2.24) is 4.98 Å². The normalized spacial score (nSPS) is 12.2. The lowest BCUT2D eigenvalue weighted by Gasteiger charge is -2.17. The van der Waals surface area contributed by atoms with Gasteiger partial charge in [0.1, 0.15) is 11.2 Å². The van der Waals surface area contributed by atoms with Gasteiger partial charge in [-0.05, 0) is 17.9 Å². The van der Waals surface area contributed by atoms with E-state index in [1.165, 1.54) is 0 Å². The summed E-state index contributed by atoms with van der Waals surface area (Å²) < 4.78 is 11.7. The van der Waals surface area contributed by atoms with Gasteiger partial charge in [0.2, 0.25) is 5.88 Å². The lowest BCUT2D eigenvalue weighted by Crippen LogP contribution is -2.11. The summed E-state index contributed by atoms with van der Waals surface area (Å²) in [6, 6.07) is 9.86. The van der Waals surface area contributed by atoms with Gasteiger partial charge in [-0.15, -0.1) is 0 Å². The quantitative estimate of drug-likeness (QED) is 0.685. The zero-order valence-electron chi connectivity index (χ0n) is 12.1. The number of aromatic nitrogens is 1. The first-order valence-corrected chi connectivity index (χ1v) is 6.94. The molecule has 0 bridgehead atoms. The summed E-state index contributed by atoms with van der Waals surface area (Å²) in [5.74, 6) is 0.664. The number of fused-ring (bicyclic) bond motifs is 3. The number of hydrogen-bond acceptors (Lipinski definition) is 3. The molecule has 0 spiro atoms. The summed E-state index contributed by atoms with van der Waals surface area (Å²) in [6.07, 6.45) is 2.72. The Kier molecular flexibility index (Phi) is 3.13. The first-order chi connectivity index (χ1) is 9.54. The van der Waals surface area contributed by atoms with E-state index >= 15 is 0 Å². The van der Waals surface area contributed by atoms with Gasteiger partial charge in [-0.3, -0.25) is 0 Å². The van der Waals surface area contributed by atoms with E-state index in [0.29, 0.717) is 12.5 Å². The molecule has 20 heavy (non-hydrogen) atoms. The van der Waals surface area contributed by atoms with Crippen molar-refractivity contribution in [1.29, 1.82) is 0 Å². The molecule has 0 saturated heterocycles. The highest BCUT2D eigenvalue weighted by Crippen LogP contribution is 2.34. The van der Waals surface area contributed by atoms with Crippen molar-refractivity contribution in [2.45, 2.75) is 27.2 Å². The molecule has 0 aliphatic carbocycles. The molecule has 0 fully saturated rings. The predicted octanol–water partition coefficient (Wildman–Crippen LogP) is 4.80. The average molecular weight is 269 g/mol. The van der Waals surface area contributed by atoms with Gasteiger partial charge in [-0.2, -0.15) is 0 Å². The molecule has 2 aromatic heterocycles. The molecule has 2 heterocycles. The molecule has 0 amide bonds. The number of rotatable bonds is 3. The van der Waals surface area contributed by atoms with Gasteiger partial charge < -0.3 is 9.15 Å². The van der Waals surface area contributed by atoms with Crippen LogP contribution in [0.2, 0.25) is 0 Å². The Morgan fingerprint density at radius 3 is 2.70 bits per heavy atom. The molecule has 1 aromatic carbocycles. The number of hydrogen-bond donors (Lipinski definition) is 0. The van der Waals surface area contributed by atoms with Crippen molar-refractivity contribution in [3.05, 3.63) is 36.5 Å².